The predicted octanol–water partition coefficient (Wildman–Crippen LogP) is 0.768. The fourth-order valence-electron chi connectivity index (χ4n) is 2.02. The first-order chi connectivity index (χ1) is 6.75. The van der Waals surface area contributed by atoms with E-state index in [1.807, 2.05) is 13.0 Å². The number of fused-ring (bicyclic) bond motifs is 1. The van der Waals surface area contributed by atoms with Gasteiger partial charge in [-0.1, -0.05) is 0 Å². The molecule has 14 heavy (non-hydrogen) atoms. The Hall–Kier alpha value is -1.45. The number of rotatable bonds is 1. The first-order valence-corrected chi connectivity index (χ1v) is 4.87. The van der Waals surface area contributed by atoms with E-state index in [4.69, 9.17) is 0 Å². The molecular formula is C10H11N3O. The molecule has 1 aliphatic heterocycles. The highest BCUT2D eigenvalue weighted by molar-refractivity contribution is 5.98. The summed E-state index contributed by atoms with van der Waals surface area (Å²) in [6.45, 7) is 2.72. The lowest BCUT2D eigenvalue weighted by molar-refractivity contribution is -0.118. The molecule has 1 aromatic rings. The van der Waals surface area contributed by atoms with E-state index in [2.05, 4.69) is 9.97 Å². The number of nitrogens with zero attached hydrogens (tertiary/aromatic N) is 3. The summed E-state index contributed by atoms with van der Waals surface area (Å²) in [5, 5.41) is 0. The van der Waals surface area contributed by atoms with Crippen molar-refractivity contribution in [1.29, 1.82) is 0 Å². The fraction of sp³-hybridized carbons (Fsp3) is 0.500. The van der Waals surface area contributed by atoms with Gasteiger partial charge in [-0.25, -0.2) is 9.97 Å². The van der Waals surface area contributed by atoms with Crippen molar-refractivity contribution in [2.45, 2.75) is 13.3 Å². The minimum atomic E-state index is 0.209. The molecule has 2 atom stereocenters. The van der Waals surface area contributed by atoms with Gasteiger partial charge in [0, 0.05) is 24.4 Å². The lowest BCUT2D eigenvalue weighted by Gasteiger charge is -2.15. The lowest BCUT2D eigenvalue weighted by atomic mass is 10.4. The van der Waals surface area contributed by atoms with E-state index >= 15 is 0 Å². The Labute approximate surface area is 82.0 Å². The zero-order valence-corrected chi connectivity index (χ0v) is 7.97. The van der Waals surface area contributed by atoms with Gasteiger partial charge in [-0.3, -0.25) is 9.69 Å². The highest BCUT2D eigenvalue weighted by Crippen LogP contribution is 2.46. The predicted molar refractivity (Wildman–Crippen MR) is 50.7 cm³/mol. The Morgan fingerprint density at radius 1 is 1.57 bits per heavy atom. The zero-order valence-electron chi connectivity index (χ0n) is 7.97. The van der Waals surface area contributed by atoms with Crippen molar-refractivity contribution in [3.05, 3.63) is 18.0 Å². The van der Waals surface area contributed by atoms with Crippen LogP contribution >= 0.6 is 0 Å². The van der Waals surface area contributed by atoms with Gasteiger partial charge < -0.3 is 0 Å². The Balaban J connectivity index is 1.92. The minimum Gasteiger partial charge on any atom is -0.280 e. The molecular weight excluding hydrogens is 178 g/mol. The van der Waals surface area contributed by atoms with E-state index in [1.54, 1.807) is 11.1 Å². The van der Waals surface area contributed by atoms with E-state index in [9.17, 15) is 4.79 Å². The fourth-order valence-corrected chi connectivity index (χ4v) is 2.02. The van der Waals surface area contributed by atoms with Gasteiger partial charge >= 0.3 is 0 Å². The van der Waals surface area contributed by atoms with Crippen molar-refractivity contribution in [1.82, 2.24) is 9.97 Å². The van der Waals surface area contributed by atoms with Crippen molar-refractivity contribution in [2.75, 3.05) is 11.4 Å². The van der Waals surface area contributed by atoms with Crippen LogP contribution in [-0.4, -0.2) is 22.4 Å². The molecule has 1 amide bonds. The van der Waals surface area contributed by atoms with Crippen LogP contribution < -0.4 is 4.90 Å². The van der Waals surface area contributed by atoms with Crippen molar-refractivity contribution in [3.63, 3.8) is 0 Å². The number of amides is 1. The first-order valence-electron chi connectivity index (χ1n) is 4.87. The SMILES string of the molecule is Cc1ccnc(N2C[C@H]3C[C@H]3C2=O)n1. The molecule has 4 heteroatoms. The van der Waals surface area contributed by atoms with Crippen LogP contribution in [0, 0.1) is 18.8 Å². The summed E-state index contributed by atoms with van der Waals surface area (Å²) in [6.07, 6.45) is 2.77. The molecule has 2 aliphatic rings. The number of anilines is 1. The number of carbonyl (C=O) groups is 1. The zero-order chi connectivity index (χ0) is 9.71. The summed E-state index contributed by atoms with van der Waals surface area (Å²) in [6, 6.07) is 1.84. The van der Waals surface area contributed by atoms with Crippen LogP contribution in [0.1, 0.15) is 12.1 Å². The Bertz CT molecular complexity index is 404. The molecule has 4 nitrogen and oxygen atoms in total. The molecule has 1 aliphatic carbocycles. The number of hydrogen-bond donors (Lipinski definition) is 0. The molecule has 72 valence electrons. The Morgan fingerprint density at radius 2 is 2.43 bits per heavy atom. The van der Waals surface area contributed by atoms with Gasteiger partial charge in [0.25, 0.3) is 0 Å². The standard InChI is InChI=1S/C10H11N3O/c1-6-2-3-11-10(12-6)13-5-7-4-8(7)9(13)14/h2-3,7-8H,4-5H2,1H3/t7-,8-/m1/s1. The second-order valence-corrected chi connectivity index (χ2v) is 4.05. The highest BCUT2D eigenvalue weighted by Gasteiger charge is 2.53. The van der Waals surface area contributed by atoms with Crippen LogP contribution in [-0.2, 0) is 4.79 Å². The van der Waals surface area contributed by atoms with E-state index in [-0.39, 0.29) is 11.8 Å². The monoisotopic (exact) mass is 189 g/mol. The average molecular weight is 189 g/mol. The molecule has 2 fully saturated rings. The van der Waals surface area contributed by atoms with E-state index in [0.717, 1.165) is 18.7 Å². The summed E-state index contributed by atoms with van der Waals surface area (Å²) in [7, 11) is 0. The van der Waals surface area contributed by atoms with Crippen LogP contribution in [0.3, 0.4) is 0 Å². The molecule has 0 spiro atoms. The van der Waals surface area contributed by atoms with Gasteiger partial charge in [0.2, 0.25) is 11.9 Å². The molecule has 0 unspecified atom stereocenters. The second-order valence-electron chi connectivity index (χ2n) is 4.05. The molecule has 0 radical (unpaired) electrons. The molecule has 0 aromatic carbocycles. The van der Waals surface area contributed by atoms with Gasteiger partial charge in [-0.15, -0.1) is 0 Å². The number of hydrogen-bond acceptors (Lipinski definition) is 3. The normalized spacial score (nSPS) is 29.2. The third-order valence-electron chi connectivity index (χ3n) is 2.95. The highest BCUT2D eigenvalue weighted by atomic mass is 16.2. The summed E-state index contributed by atoms with van der Waals surface area (Å²) in [4.78, 5) is 21.8. The Kier molecular flexibility index (Phi) is 1.43. The lowest BCUT2D eigenvalue weighted by Crippen LogP contribution is -2.29. The van der Waals surface area contributed by atoms with Crippen molar-refractivity contribution < 1.29 is 4.79 Å². The number of aryl methyl sites for hydroxylation is 1. The summed E-state index contributed by atoms with van der Waals surface area (Å²) < 4.78 is 0. The summed E-state index contributed by atoms with van der Waals surface area (Å²) in [5.41, 5.74) is 0.906. The van der Waals surface area contributed by atoms with Crippen LogP contribution in [0.2, 0.25) is 0 Å². The van der Waals surface area contributed by atoms with Crippen LogP contribution in [0.4, 0.5) is 5.95 Å². The van der Waals surface area contributed by atoms with Gasteiger partial charge in [0.15, 0.2) is 0 Å². The maximum atomic E-state index is 11.7. The smallest absolute Gasteiger partial charge is 0.232 e. The molecule has 1 aromatic heterocycles. The van der Waals surface area contributed by atoms with Crippen molar-refractivity contribution in [2.24, 2.45) is 11.8 Å². The number of aromatic nitrogens is 2. The molecule has 3 rings (SSSR count). The first kappa shape index (κ1) is 7.91. The Morgan fingerprint density at radius 3 is 3.07 bits per heavy atom. The molecule has 0 N–H and O–H groups in total. The van der Waals surface area contributed by atoms with E-state index in [0.29, 0.717) is 11.9 Å². The van der Waals surface area contributed by atoms with Gasteiger partial charge in [0.05, 0.1) is 0 Å². The third kappa shape index (κ3) is 1.03. The van der Waals surface area contributed by atoms with Gasteiger partial charge in [-0.05, 0) is 25.3 Å². The topological polar surface area (TPSA) is 46.1 Å². The maximum absolute atomic E-state index is 11.7. The molecule has 1 saturated carbocycles. The van der Waals surface area contributed by atoms with Crippen LogP contribution in [0.25, 0.3) is 0 Å². The van der Waals surface area contributed by atoms with Gasteiger partial charge in [0.1, 0.15) is 0 Å². The van der Waals surface area contributed by atoms with Crippen molar-refractivity contribution >= 4 is 11.9 Å². The average Bonchev–Trinajstić information content (AvgIpc) is 2.86. The molecule has 0 bridgehead atoms. The summed E-state index contributed by atoms with van der Waals surface area (Å²) in [5.74, 6) is 1.63. The second kappa shape index (κ2) is 2.53. The van der Waals surface area contributed by atoms with Crippen molar-refractivity contribution in [3.8, 4) is 0 Å². The van der Waals surface area contributed by atoms with E-state index < -0.39 is 0 Å². The summed E-state index contributed by atoms with van der Waals surface area (Å²) >= 11 is 0. The quantitative estimate of drug-likeness (QED) is 0.655. The minimum absolute atomic E-state index is 0.209. The molecule has 1 saturated heterocycles. The van der Waals surface area contributed by atoms with Gasteiger partial charge in [-0.2, -0.15) is 0 Å². The third-order valence-corrected chi connectivity index (χ3v) is 2.95. The largest absolute Gasteiger partial charge is 0.280 e. The van der Waals surface area contributed by atoms with Crippen LogP contribution in [0.5, 0.6) is 0 Å². The van der Waals surface area contributed by atoms with E-state index in [1.165, 1.54) is 0 Å². The maximum Gasteiger partial charge on any atom is 0.232 e. The number of carbonyl (C=O) groups excluding carboxylic acids is 1. The molecule has 2 heterocycles. The van der Waals surface area contributed by atoms with Crippen LogP contribution in [0.15, 0.2) is 12.3 Å². The number of piperidine rings is 1.